The average molecular weight is 216 g/mol. The van der Waals surface area contributed by atoms with Crippen LogP contribution in [0.5, 0.6) is 0 Å². The van der Waals surface area contributed by atoms with E-state index in [1.165, 1.54) is 0 Å². The lowest BCUT2D eigenvalue weighted by atomic mass is 9.97. The Labute approximate surface area is 92.4 Å². The Morgan fingerprint density at radius 3 is 2.87 bits per heavy atom. The number of rotatable bonds is 4. The monoisotopic (exact) mass is 216 g/mol. The highest BCUT2D eigenvalue weighted by molar-refractivity contribution is 4.81. The number of aliphatic hydroxyl groups is 1. The zero-order valence-electron chi connectivity index (χ0n) is 9.91. The van der Waals surface area contributed by atoms with Gasteiger partial charge in [0.2, 0.25) is 0 Å². The van der Waals surface area contributed by atoms with Gasteiger partial charge in [0.15, 0.2) is 0 Å². The molecule has 0 bridgehead atoms. The highest BCUT2D eigenvalue weighted by Gasteiger charge is 2.25. The van der Waals surface area contributed by atoms with Crippen molar-refractivity contribution in [3.05, 3.63) is 0 Å². The summed E-state index contributed by atoms with van der Waals surface area (Å²) < 4.78 is 5.40. The quantitative estimate of drug-likeness (QED) is 0.704. The van der Waals surface area contributed by atoms with Crippen molar-refractivity contribution in [1.82, 2.24) is 4.90 Å². The molecule has 1 aliphatic heterocycles. The van der Waals surface area contributed by atoms with Crippen molar-refractivity contribution < 1.29 is 9.84 Å². The van der Waals surface area contributed by atoms with E-state index < -0.39 is 5.60 Å². The highest BCUT2D eigenvalue weighted by Crippen LogP contribution is 2.16. The zero-order chi connectivity index (χ0) is 11.3. The lowest BCUT2D eigenvalue weighted by molar-refractivity contribution is 0.0279. The van der Waals surface area contributed by atoms with Gasteiger partial charge in [0, 0.05) is 32.3 Å². The minimum Gasteiger partial charge on any atom is -0.389 e. The first-order valence-corrected chi connectivity index (χ1v) is 5.79. The van der Waals surface area contributed by atoms with Gasteiger partial charge in [0.25, 0.3) is 0 Å². The molecule has 1 aliphatic rings. The molecule has 0 aromatic rings. The second kappa shape index (κ2) is 5.80. The molecule has 1 rings (SSSR count). The predicted octanol–water partition coefficient (Wildman–Crippen LogP) is 0.197. The van der Waals surface area contributed by atoms with Crippen LogP contribution in [0, 0.1) is 0 Å². The fourth-order valence-electron chi connectivity index (χ4n) is 2.05. The van der Waals surface area contributed by atoms with E-state index in [1.54, 1.807) is 6.92 Å². The van der Waals surface area contributed by atoms with E-state index in [9.17, 15) is 5.11 Å². The van der Waals surface area contributed by atoms with Gasteiger partial charge >= 0.3 is 0 Å². The minimum atomic E-state index is -0.743. The molecule has 0 aromatic carbocycles. The molecule has 0 aromatic heterocycles. The van der Waals surface area contributed by atoms with Crippen LogP contribution in [0.4, 0.5) is 0 Å². The molecule has 1 fully saturated rings. The molecule has 15 heavy (non-hydrogen) atoms. The first kappa shape index (κ1) is 12.9. The second-order valence-corrected chi connectivity index (χ2v) is 4.76. The number of ether oxygens (including phenoxy) is 1. The first-order valence-electron chi connectivity index (χ1n) is 5.79. The summed E-state index contributed by atoms with van der Waals surface area (Å²) >= 11 is 0. The van der Waals surface area contributed by atoms with Crippen LogP contribution < -0.4 is 5.73 Å². The van der Waals surface area contributed by atoms with Crippen LogP contribution in [0.3, 0.4) is 0 Å². The van der Waals surface area contributed by atoms with Crippen molar-refractivity contribution in [3.63, 3.8) is 0 Å². The molecule has 3 N–H and O–H groups in total. The topological polar surface area (TPSA) is 58.7 Å². The highest BCUT2D eigenvalue weighted by atomic mass is 16.5. The van der Waals surface area contributed by atoms with Crippen molar-refractivity contribution >= 4 is 0 Å². The van der Waals surface area contributed by atoms with Crippen LogP contribution in [0.2, 0.25) is 0 Å². The molecule has 2 unspecified atom stereocenters. The van der Waals surface area contributed by atoms with E-state index in [0.29, 0.717) is 12.6 Å². The average Bonchev–Trinajstić information content (AvgIpc) is 2.45. The van der Waals surface area contributed by atoms with Crippen molar-refractivity contribution in [2.45, 2.75) is 38.3 Å². The predicted molar refractivity (Wildman–Crippen MR) is 60.8 cm³/mol. The van der Waals surface area contributed by atoms with Crippen LogP contribution in [-0.2, 0) is 4.74 Å². The third kappa shape index (κ3) is 4.47. The summed E-state index contributed by atoms with van der Waals surface area (Å²) in [5.41, 5.74) is 4.78. The largest absolute Gasteiger partial charge is 0.389 e. The van der Waals surface area contributed by atoms with Crippen molar-refractivity contribution in [1.29, 1.82) is 0 Å². The van der Waals surface area contributed by atoms with Crippen LogP contribution in [0.1, 0.15) is 26.7 Å². The summed E-state index contributed by atoms with van der Waals surface area (Å²) in [7, 11) is 0. The number of nitrogens with zero attached hydrogens (tertiary/aromatic N) is 1. The Morgan fingerprint density at radius 1 is 1.47 bits per heavy atom. The van der Waals surface area contributed by atoms with E-state index in [2.05, 4.69) is 11.8 Å². The lowest BCUT2D eigenvalue weighted by Crippen LogP contribution is -2.44. The van der Waals surface area contributed by atoms with Crippen LogP contribution in [0.25, 0.3) is 0 Å². The summed E-state index contributed by atoms with van der Waals surface area (Å²) in [6.07, 6.45) is 1.80. The van der Waals surface area contributed by atoms with Crippen LogP contribution in [-0.4, -0.2) is 54.5 Å². The maximum Gasteiger partial charge on any atom is 0.0756 e. The van der Waals surface area contributed by atoms with E-state index in [-0.39, 0.29) is 0 Å². The summed E-state index contributed by atoms with van der Waals surface area (Å²) in [5.74, 6) is 0. The summed E-state index contributed by atoms with van der Waals surface area (Å²) in [4.78, 5) is 2.37. The Morgan fingerprint density at radius 2 is 2.20 bits per heavy atom. The Hall–Kier alpha value is -0.160. The van der Waals surface area contributed by atoms with Crippen molar-refractivity contribution in [3.8, 4) is 0 Å². The SMILES string of the molecule is CC(CC(C)(O)CN)N1CCCOCC1. The van der Waals surface area contributed by atoms with Gasteiger partial charge in [-0.15, -0.1) is 0 Å². The van der Waals surface area contributed by atoms with Gasteiger partial charge in [-0.2, -0.15) is 0 Å². The van der Waals surface area contributed by atoms with E-state index in [4.69, 9.17) is 10.5 Å². The zero-order valence-corrected chi connectivity index (χ0v) is 9.91. The molecular weight excluding hydrogens is 192 g/mol. The molecule has 90 valence electrons. The standard InChI is InChI=1S/C11H24N2O2/c1-10(8-11(2,14)9-12)13-4-3-6-15-7-5-13/h10,14H,3-9,12H2,1-2H3. The molecule has 4 nitrogen and oxygen atoms in total. The molecule has 0 amide bonds. The summed E-state index contributed by atoms with van der Waals surface area (Å²) in [6, 6.07) is 0.366. The Bertz CT molecular complexity index is 177. The third-order valence-electron chi connectivity index (χ3n) is 3.06. The van der Waals surface area contributed by atoms with Crippen LogP contribution >= 0.6 is 0 Å². The van der Waals surface area contributed by atoms with Gasteiger partial charge in [0.05, 0.1) is 12.2 Å². The second-order valence-electron chi connectivity index (χ2n) is 4.76. The van der Waals surface area contributed by atoms with Crippen molar-refractivity contribution in [2.75, 3.05) is 32.8 Å². The van der Waals surface area contributed by atoms with Gasteiger partial charge in [0.1, 0.15) is 0 Å². The maximum atomic E-state index is 9.91. The normalized spacial score (nSPS) is 25.6. The molecule has 2 atom stereocenters. The fourth-order valence-corrected chi connectivity index (χ4v) is 2.05. The van der Waals surface area contributed by atoms with E-state index >= 15 is 0 Å². The maximum absolute atomic E-state index is 9.91. The smallest absolute Gasteiger partial charge is 0.0756 e. The van der Waals surface area contributed by atoms with E-state index in [0.717, 1.165) is 39.1 Å². The molecule has 1 saturated heterocycles. The summed E-state index contributed by atoms with van der Waals surface area (Å²) in [6.45, 7) is 7.95. The van der Waals surface area contributed by atoms with Crippen molar-refractivity contribution in [2.24, 2.45) is 5.73 Å². The molecule has 4 heteroatoms. The van der Waals surface area contributed by atoms with Gasteiger partial charge < -0.3 is 15.6 Å². The fraction of sp³-hybridized carbons (Fsp3) is 1.00. The summed E-state index contributed by atoms with van der Waals surface area (Å²) in [5, 5.41) is 9.91. The van der Waals surface area contributed by atoms with E-state index in [1.807, 2.05) is 0 Å². The van der Waals surface area contributed by atoms with Gasteiger partial charge in [-0.3, -0.25) is 4.90 Å². The number of hydrogen-bond acceptors (Lipinski definition) is 4. The number of hydrogen-bond donors (Lipinski definition) is 2. The molecule has 0 spiro atoms. The lowest BCUT2D eigenvalue weighted by Gasteiger charge is -2.32. The van der Waals surface area contributed by atoms with Gasteiger partial charge in [-0.05, 0) is 26.7 Å². The first-order chi connectivity index (χ1) is 7.05. The molecule has 0 aliphatic carbocycles. The Kier molecular flexibility index (Phi) is 4.99. The minimum absolute atomic E-state index is 0.321. The molecule has 1 heterocycles. The van der Waals surface area contributed by atoms with Gasteiger partial charge in [-0.25, -0.2) is 0 Å². The molecule has 0 radical (unpaired) electrons. The third-order valence-corrected chi connectivity index (χ3v) is 3.06. The van der Waals surface area contributed by atoms with Crippen LogP contribution in [0.15, 0.2) is 0 Å². The molecular formula is C11H24N2O2. The Balaban J connectivity index is 2.40. The number of nitrogens with two attached hydrogens (primary N) is 1. The van der Waals surface area contributed by atoms with Gasteiger partial charge in [-0.1, -0.05) is 0 Å². The molecule has 0 saturated carbocycles.